The predicted molar refractivity (Wildman–Crippen MR) is 76.9 cm³/mol. The second-order valence-electron chi connectivity index (χ2n) is 4.31. The van der Waals surface area contributed by atoms with Crippen LogP contribution in [0.1, 0.15) is 13.8 Å². The van der Waals surface area contributed by atoms with Crippen molar-refractivity contribution in [3.05, 3.63) is 48.7 Å². The summed E-state index contributed by atoms with van der Waals surface area (Å²) in [6.45, 7) is 4.09. The third-order valence-corrected chi connectivity index (χ3v) is 2.45. The molecule has 0 aliphatic heterocycles. The van der Waals surface area contributed by atoms with Gasteiger partial charge in [-0.15, -0.1) is 0 Å². The molecule has 18 heavy (non-hydrogen) atoms. The number of nitrogens with zero attached hydrogens (tertiary/aromatic N) is 2. The fraction of sp³-hybridized carbons (Fsp3) is 0.200. The van der Waals surface area contributed by atoms with E-state index >= 15 is 0 Å². The Kier molecular flexibility index (Phi) is 4.07. The van der Waals surface area contributed by atoms with Gasteiger partial charge in [-0.25, -0.2) is 0 Å². The van der Waals surface area contributed by atoms with E-state index in [2.05, 4.69) is 15.3 Å². The molecule has 1 N–H and O–H groups in total. The first-order valence-corrected chi connectivity index (χ1v) is 6.05. The van der Waals surface area contributed by atoms with Gasteiger partial charge in [0.15, 0.2) is 0 Å². The molecular formula is C15H17N3. The Bertz CT molecular complexity index is 501. The lowest BCUT2D eigenvalue weighted by atomic mass is 10.1. The molecule has 0 unspecified atom stereocenters. The SMILES string of the molecule is CC(C)N=CNc1ccc(-c2ccccn2)cc1. The van der Waals surface area contributed by atoms with Crippen LogP contribution in [0.2, 0.25) is 0 Å². The summed E-state index contributed by atoms with van der Waals surface area (Å²) < 4.78 is 0. The summed E-state index contributed by atoms with van der Waals surface area (Å²) in [5.41, 5.74) is 3.13. The minimum Gasteiger partial charge on any atom is -0.347 e. The van der Waals surface area contributed by atoms with Gasteiger partial charge in [-0.1, -0.05) is 18.2 Å². The van der Waals surface area contributed by atoms with E-state index < -0.39 is 0 Å². The highest BCUT2D eigenvalue weighted by Crippen LogP contribution is 2.18. The Morgan fingerprint density at radius 3 is 2.50 bits per heavy atom. The molecule has 2 rings (SSSR count). The lowest BCUT2D eigenvalue weighted by Gasteiger charge is -2.03. The summed E-state index contributed by atoms with van der Waals surface area (Å²) in [4.78, 5) is 8.57. The van der Waals surface area contributed by atoms with Gasteiger partial charge in [-0.2, -0.15) is 0 Å². The first-order chi connectivity index (χ1) is 8.75. The quantitative estimate of drug-likeness (QED) is 0.654. The van der Waals surface area contributed by atoms with E-state index in [9.17, 15) is 0 Å². The maximum absolute atomic E-state index is 4.32. The molecular weight excluding hydrogens is 222 g/mol. The maximum Gasteiger partial charge on any atom is 0.0871 e. The lowest BCUT2D eigenvalue weighted by Crippen LogP contribution is -1.98. The summed E-state index contributed by atoms with van der Waals surface area (Å²) in [5.74, 6) is 0. The van der Waals surface area contributed by atoms with E-state index in [1.165, 1.54) is 0 Å². The van der Waals surface area contributed by atoms with Gasteiger partial charge in [-0.3, -0.25) is 9.98 Å². The van der Waals surface area contributed by atoms with E-state index in [0.29, 0.717) is 6.04 Å². The summed E-state index contributed by atoms with van der Waals surface area (Å²) >= 11 is 0. The normalized spacial score (nSPS) is 11.1. The van der Waals surface area contributed by atoms with E-state index in [1.54, 1.807) is 12.5 Å². The molecule has 0 amide bonds. The molecule has 0 aliphatic rings. The largest absolute Gasteiger partial charge is 0.347 e. The van der Waals surface area contributed by atoms with Crippen molar-refractivity contribution >= 4 is 12.0 Å². The number of nitrogens with one attached hydrogen (secondary N) is 1. The van der Waals surface area contributed by atoms with Crippen molar-refractivity contribution in [1.82, 2.24) is 4.98 Å². The summed E-state index contributed by atoms with van der Waals surface area (Å²) in [5, 5.41) is 3.14. The maximum atomic E-state index is 4.32. The van der Waals surface area contributed by atoms with Gasteiger partial charge in [0.1, 0.15) is 0 Å². The molecule has 1 heterocycles. The standard InChI is InChI=1S/C15H17N3/c1-12(2)17-11-18-14-8-6-13(7-9-14)15-5-3-4-10-16-15/h3-12H,1-2H3,(H,17,18). The van der Waals surface area contributed by atoms with Crippen LogP contribution in [-0.4, -0.2) is 17.4 Å². The van der Waals surface area contributed by atoms with Gasteiger partial charge in [0.05, 0.1) is 12.0 Å². The van der Waals surface area contributed by atoms with Gasteiger partial charge in [0, 0.05) is 23.5 Å². The third kappa shape index (κ3) is 3.42. The number of pyridine rings is 1. The molecule has 0 saturated heterocycles. The van der Waals surface area contributed by atoms with E-state index in [1.807, 2.05) is 56.3 Å². The number of benzene rings is 1. The zero-order valence-corrected chi connectivity index (χ0v) is 10.7. The van der Waals surface area contributed by atoms with Crippen molar-refractivity contribution in [2.75, 3.05) is 5.32 Å². The molecule has 1 aromatic carbocycles. The highest BCUT2D eigenvalue weighted by atomic mass is 14.9. The molecule has 0 radical (unpaired) electrons. The number of hydrogen-bond acceptors (Lipinski definition) is 2. The highest BCUT2D eigenvalue weighted by molar-refractivity contribution is 5.76. The molecule has 0 fully saturated rings. The number of hydrogen-bond donors (Lipinski definition) is 1. The minimum atomic E-state index is 0.310. The average Bonchev–Trinajstić information content (AvgIpc) is 2.40. The highest BCUT2D eigenvalue weighted by Gasteiger charge is 1.97. The second kappa shape index (κ2) is 5.96. The van der Waals surface area contributed by atoms with Crippen LogP contribution >= 0.6 is 0 Å². The lowest BCUT2D eigenvalue weighted by molar-refractivity contribution is 0.840. The Morgan fingerprint density at radius 2 is 1.89 bits per heavy atom. The summed E-state index contributed by atoms with van der Waals surface area (Å²) in [6.07, 6.45) is 3.54. The van der Waals surface area contributed by atoms with Gasteiger partial charge >= 0.3 is 0 Å². The van der Waals surface area contributed by atoms with Crippen LogP contribution in [0, 0.1) is 0 Å². The zero-order chi connectivity index (χ0) is 12.8. The fourth-order valence-corrected chi connectivity index (χ4v) is 1.53. The third-order valence-electron chi connectivity index (χ3n) is 2.45. The molecule has 0 spiro atoms. The van der Waals surface area contributed by atoms with Crippen LogP contribution in [-0.2, 0) is 0 Å². The molecule has 0 aliphatic carbocycles. The van der Waals surface area contributed by atoms with Crippen molar-refractivity contribution in [3.8, 4) is 11.3 Å². The minimum absolute atomic E-state index is 0.310. The van der Waals surface area contributed by atoms with E-state index in [4.69, 9.17) is 0 Å². The average molecular weight is 239 g/mol. The topological polar surface area (TPSA) is 37.3 Å². The second-order valence-corrected chi connectivity index (χ2v) is 4.31. The van der Waals surface area contributed by atoms with Crippen LogP contribution < -0.4 is 5.32 Å². The number of anilines is 1. The monoisotopic (exact) mass is 239 g/mol. The summed E-state index contributed by atoms with van der Waals surface area (Å²) in [7, 11) is 0. The van der Waals surface area contributed by atoms with Gasteiger partial charge in [0.2, 0.25) is 0 Å². The molecule has 0 saturated carbocycles. The zero-order valence-electron chi connectivity index (χ0n) is 10.7. The number of aromatic nitrogens is 1. The van der Waals surface area contributed by atoms with Gasteiger partial charge in [-0.05, 0) is 38.1 Å². The molecule has 0 atom stereocenters. The van der Waals surface area contributed by atoms with Crippen molar-refractivity contribution in [3.63, 3.8) is 0 Å². The van der Waals surface area contributed by atoms with Crippen LogP contribution in [0.15, 0.2) is 53.7 Å². The Labute approximate surface area is 108 Å². The molecule has 92 valence electrons. The van der Waals surface area contributed by atoms with Crippen molar-refractivity contribution < 1.29 is 0 Å². The Balaban J connectivity index is 2.06. The fourth-order valence-electron chi connectivity index (χ4n) is 1.53. The van der Waals surface area contributed by atoms with Crippen LogP contribution in [0.3, 0.4) is 0 Å². The van der Waals surface area contributed by atoms with Crippen molar-refractivity contribution in [2.45, 2.75) is 19.9 Å². The van der Waals surface area contributed by atoms with Gasteiger partial charge < -0.3 is 5.32 Å². The van der Waals surface area contributed by atoms with E-state index in [-0.39, 0.29) is 0 Å². The molecule has 1 aromatic heterocycles. The van der Waals surface area contributed by atoms with Crippen molar-refractivity contribution in [2.24, 2.45) is 4.99 Å². The smallest absolute Gasteiger partial charge is 0.0871 e. The van der Waals surface area contributed by atoms with Crippen LogP contribution in [0.4, 0.5) is 5.69 Å². The van der Waals surface area contributed by atoms with E-state index in [0.717, 1.165) is 16.9 Å². The first-order valence-electron chi connectivity index (χ1n) is 6.05. The van der Waals surface area contributed by atoms with Crippen LogP contribution in [0.25, 0.3) is 11.3 Å². The van der Waals surface area contributed by atoms with Crippen LogP contribution in [0.5, 0.6) is 0 Å². The number of aliphatic imine (C=N–C) groups is 1. The molecule has 3 heteroatoms. The Hall–Kier alpha value is -2.16. The van der Waals surface area contributed by atoms with Crippen molar-refractivity contribution in [1.29, 1.82) is 0 Å². The summed E-state index contributed by atoms with van der Waals surface area (Å²) in [6, 6.07) is 14.4. The molecule has 2 aromatic rings. The van der Waals surface area contributed by atoms with Gasteiger partial charge in [0.25, 0.3) is 0 Å². The molecule has 3 nitrogen and oxygen atoms in total. The molecule has 0 bridgehead atoms. The first kappa shape index (κ1) is 12.3. The predicted octanol–water partition coefficient (Wildman–Crippen LogP) is 3.60. The Morgan fingerprint density at radius 1 is 1.11 bits per heavy atom. The number of rotatable bonds is 4.